The van der Waals surface area contributed by atoms with E-state index in [2.05, 4.69) is 30.0 Å². The van der Waals surface area contributed by atoms with Crippen molar-refractivity contribution in [3.8, 4) is 5.75 Å². The summed E-state index contributed by atoms with van der Waals surface area (Å²) < 4.78 is 8.45. The largest absolute Gasteiger partial charge is 0.497 e. The molecule has 33 heavy (non-hydrogen) atoms. The molecule has 6 heteroatoms. The summed E-state index contributed by atoms with van der Waals surface area (Å²) in [6, 6.07) is 16.9. The average molecular weight is 462 g/mol. The molecule has 4 aromatic rings. The van der Waals surface area contributed by atoms with Gasteiger partial charge in [-0.15, -0.1) is 11.3 Å². The number of ether oxygens (including phenoxy) is 1. The van der Waals surface area contributed by atoms with Crippen molar-refractivity contribution in [2.75, 3.05) is 20.2 Å². The van der Waals surface area contributed by atoms with Gasteiger partial charge in [0.1, 0.15) is 16.3 Å². The van der Waals surface area contributed by atoms with Crippen molar-refractivity contribution in [3.05, 3.63) is 70.1 Å². The van der Waals surface area contributed by atoms with Crippen LogP contribution in [0.4, 0.5) is 0 Å². The summed E-state index contributed by atoms with van der Waals surface area (Å²) in [5.41, 5.74) is 2.71. The number of aryl methyl sites for hydroxylation is 1. The van der Waals surface area contributed by atoms with Crippen molar-refractivity contribution in [2.24, 2.45) is 0 Å². The van der Waals surface area contributed by atoms with Crippen LogP contribution in [0, 0.1) is 0 Å². The molecule has 1 saturated heterocycles. The third-order valence-electron chi connectivity index (χ3n) is 6.85. The average Bonchev–Trinajstić information content (AvgIpc) is 3.21. The SMILES string of the molecule is COc1ccc(Cc2nc3sc4ccccc4c3n(CCCN3CCCCC3C)c2=O)cc1. The van der Waals surface area contributed by atoms with Gasteiger partial charge in [-0.2, -0.15) is 0 Å². The summed E-state index contributed by atoms with van der Waals surface area (Å²) in [7, 11) is 1.66. The summed E-state index contributed by atoms with van der Waals surface area (Å²) in [5.74, 6) is 0.816. The number of aromatic nitrogens is 2. The van der Waals surface area contributed by atoms with Crippen molar-refractivity contribution in [3.63, 3.8) is 0 Å². The number of thiophene rings is 1. The van der Waals surface area contributed by atoms with Gasteiger partial charge in [0.05, 0.1) is 12.6 Å². The highest BCUT2D eigenvalue weighted by molar-refractivity contribution is 7.25. The molecule has 1 aliphatic heterocycles. The van der Waals surface area contributed by atoms with Crippen LogP contribution in [-0.4, -0.2) is 40.7 Å². The van der Waals surface area contributed by atoms with Crippen LogP contribution in [0.1, 0.15) is 43.9 Å². The second-order valence-electron chi connectivity index (χ2n) is 9.03. The number of hydrogen-bond donors (Lipinski definition) is 0. The van der Waals surface area contributed by atoms with Gasteiger partial charge in [-0.3, -0.25) is 4.79 Å². The molecule has 1 unspecified atom stereocenters. The van der Waals surface area contributed by atoms with Crippen molar-refractivity contribution in [1.82, 2.24) is 14.5 Å². The van der Waals surface area contributed by atoms with E-state index in [4.69, 9.17) is 9.72 Å². The molecule has 5 nitrogen and oxygen atoms in total. The third-order valence-corrected chi connectivity index (χ3v) is 7.90. The molecule has 2 aromatic heterocycles. The first-order valence-corrected chi connectivity index (χ1v) is 12.7. The van der Waals surface area contributed by atoms with Gasteiger partial charge >= 0.3 is 0 Å². The van der Waals surface area contributed by atoms with Crippen LogP contribution in [0.15, 0.2) is 53.3 Å². The van der Waals surface area contributed by atoms with Gasteiger partial charge in [-0.05, 0) is 56.5 Å². The summed E-state index contributed by atoms with van der Waals surface area (Å²) in [5, 5.41) is 1.13. The Morgan fingerprint density at radius 2 is 1.91 bits per heavy atom. The monoisotopic (exact) mass is 461 g/mol. The van der Waals surface area contributed by atoms with E-state index in [1.54, 1.807) is 18.4 Å². The van der Waals surface area contributed by atoms with E-state index >= 15 is 0 Å². The molecule has 1 aliphatic rings. The molecular formula is C27H31N3O2S. The number of likely N-dealkylation sites (tertiary alicyclic amines) is 1. The van der Waals surface area contributed by atoms with Crippen LogP contribution in [0.3, 0.4) is 0 Å². The van der Waals surface area contributed by atoms with E-state index in [1.807, 2.05) is 34.9 Å². The number of hydrogen-bond acceptors (Lipinski definition) is 5. The predicted octanol–water partition coefficient (Wildman–Crippen LogP) is 5.48. The highest BCUT2D eigenvalue weighted by atomic mass is 32.1. The first-order chi connectivity index (χ1) is 16.1. The van der Waals surface area contributed by atoms with E-state index in [1.165, 1.54) is 30.5 Å². The minimum atomic E-state index is 0.0357. The van der Waals surface area contributed by atoms with Gasteiger partial charge < -0.3 is 14.2 Å². The Hall–Kier alpha value is -2.70. The topological polar surface area (TPSA) is 47.4 Å². The fraction of sp³-hybridized carbons (Fsp3) is 0.407. The number of methoxy groups -OCH3 is 1. The molecule has 0 spiro atoms. The predicted molar refractivity (Wildman–Crippen MR) is 137 cm³/mol. The van der Waals surface area contributed by atoms with Crippen molar-refractivity contribution in [1.29, 1.82) is 0 Å². The fourth-order valence-electron chi connectivity index (χ4n) is 4.97. The molecule has 5 rings (SSSR count). The normalized spacial score (nSPS) is 17.1. The van der Waals surface area contributed by atoms with Gasteiger partial charge in [0.2, 0.25) is 0 Å². The lowest BCUT2D eigenvalue weighted by atomic mass is 10.0. The Morgan fingerprint density at radius 3 is 2.70 bits per heavy atom. The van der Waals surface area contributed by atoms with Crippen LogP contribution in [0.5, 0.6) is 5.75 Å². The van der Waals surface area contributed by atoms with E-state index in [9.17, 15) is 4.79 Å². The molecule has 0 N–H and O–H groups in total. The standard InChI is InChI=1S/C27H31N3O2S/c1-19-8-5-6-15-29(19)16-7-17-30-25-22-9-3-4-10-24(22)33-26(25)28-23(27(30)31)18-20-11-13-21(32-2)14-12-20/h3-4,9-14,19H,5-8,15-18H2,1-2H3. The second kappa shape index (κ2) is 9.65. The van der Waals surface area contributed by atoms with Crippen LogP contribution in [-0.2, 0) is 13.0 Å². The Balaban J connectivity index is 1.50. The summed E-state index contributed by atoms with van der Waals surface area (Å²) >= 11 is 1.68. The number of nitrogens with zero attached hydrogens (tertiary/aromatic N) is 3. The minimum Gasteiger partial charge on any atom is -0.497 e. The number of rotatable bonds is 7. The fourth-order valence-corrected chi connectivity index (χ4v) is 6.07. The second-order valence-corrected chi connectivity index (χ2v) is 10.1. The van der Waals surface area contributed by atoms with E-state index < -0.39 is 0 Å². The molecular weight excluding hydrogens is 430 g/mol. The highest BCUT2D eigenvalue weighted by Gasteiger charge is 2.19. The van der Waals surface area contributed by atoms with E-state index in [0.29, 0.717) is 18.2 Å². The molecule has 1 fully saturated rings. The Labute approximate surface area is 198 Å². The van der Waals surface area contributed by atoms with Crippen molar-refractivity contribution in [2.45, 2.75) is 51.6 Å². The molecule has 0 radical (unpaired) electrons. The van der Waals surface area contributed by atoms with Gasteiger partial charge in [0.25, 0.3) is 5.56 Å². The first-order valence-electron chi connectivity index (χ1n) is 11.9. The number of fused-ring (bicyclic) bond motifs is 3. The maximum absolute atomic E-state index is 13.7. The number of piperidine rings is 1. The lowest BCUT2D eigenvalue weighted by Gasteiger charge is -2.33. The molecule has 3 heterocycles. The summed E-state index contributed by atoms with van der Waals surface area (Å²) in [6.45, 7) is 5.26. The maximum atomic E-state index is 13.7. The quantitative estimate of drug-likeness (QED) is 0.366. The highest BCUT2D eigenvalue weighted by Crippen LogP contribution is 2.32. The zero-order valence-electron chi connectivity index (χ0n) is 19.4. The van der Waals surface area contributed by atoms with Crippen molar-refractivity contribution < 1.29 is 4.74 Å². The van der Waals surface area contributed by atoms with Gasteiger partial charge in [0.15, 0.2) is 0 Å². The van der Waals surface area contributed by atoms with Gasteiger partial charge in [-0.1, -0.05) is 36.8 Å². The summed E-state index contributed by atoms with van der Waals surface area (Å²) in [6.07, 6.45) is 5.38. The lowest BCUT2D eigenvalue weighted by molar-refractivity contribution is 0.157. The van der Waals surface area contributed by atoms with Crippen LogP contribution in [0.2, 0.25) is 0 Å². The smallest absolute Gasteiger partial charge is 0.273 e. The van der Waals surface area contributed by atoms with Crippen LogP contribution in [0.25, 0.3) is 20.4 Å². The maximum Gasteiger partial charge on any atom is 0.273 e. The molecule has 0 aliphatic carbocycles. The molecule has 0 saturated carbocycles. The zero-order valence-corrected chi connectivity index (χ0v) is 20.2. The van der Waals surface area contributed by atoms with E-state index in [0.717, 1.165) is 46.6 Å². The molecule has 0 amide bonds. The third kappa shape index (κ3) is 4.55. The van der Waals surface area contributed by atoms with Crippen LogP contribution < -0.4 is 10.3 Å². The molecule has 172 valence electrons. The summed E-state index contributed by atoms with van der Waals surface area (Å²) in [4.78, 5) is 22.1. The Morgan fingerprint density at radius 1 is 1.09 bits per heavy atom. The Bertz CT molecular complexity index is 1310. The van der Waals surface area contributed by atoms with Crippen molar-refractivity contribution >= 4 is 31.8 Å². The molecule has 2 aromatic carbocycles. The van der Waals surface area contributed by atoms with Gasteiger partial charge in [-0.25, -0.2) is 4.98 Å². The van der Waals surface area contributed by atoms with Crippen LogP contribution >= 0.6 is 11.3 Å². The molecule has 0 bridgehead atoms. The minimum absolute atomic E-state index is 0.0357. The number of benzene rings is 2. The zero-order chi connectivity index (χ0) is 22.8. The van der Waals surface area contributed by atoms with Gasteiger partial charge in [0, 0.05) is 35.6 Å². The van der Waals surface area contributed by atoms with E-state index in [-0.39, 0.29) is 5.56 Å². The lowest BCUT2D eigenvalue weighted by Crippen LogP contribution is -2.38. The first kappa shape index (κ1) is 22.1. The molecule has 1 atom stereocenters. The Kier molecular flexibility index (Phi) is 6.47.